The Labute approximate surface area is 167 Å². The van der Waals surface area contributed by atoms with E-state index in [1.165, 1.54) is 3.97 Å². The zero-order valence-corrected chi connectivity index (χ0v) is 16.0. The van der Waals surface area contributed by atoms with E-state index in [2.05, 4.69) is 9.97 Å². The number of aromatic nitrogens is 3. The van der Waals surface area contributed by atoms with Gasteiger partial charge in [0.05, 0.1) is 16.1 Å². The Kier molecular flexibility index (Phi) is 3.85. The number of nitrogens with two attached hydrogens (primary N) is 1. The second-order valence-corrected chi connectivity index (χ2v) is 8.48. The van der Waals surface area contributed by atoms with Gasteiger partial charge in [-0.05, 0) is 35.0 Å². The number of nitrogens with zero attached hydrogens (tertiary/aromatic N) is 3. The molecular weight excluding hydrogens is 384 g/mol. The van der Waals surface area contributed by atoms with Gasteiger partial charge < -0.3 is 5.73 Å². The monoisotopic (exact) mass is 400 g/mol. The fourth-order valence-corrected chi connectivity index (χ4v) is 4.92. The first kappa shape index (κ1) is 17.4. The third-order valence-electron chi connectivity index (χ3n) is 4.91. The molecule has 0 bridgehead atoms. The predicted octanol–water partition coefficient (Wildman–Crippen LogP) is 4.07. The molecule has 2 aromatic heterocycles. The highest BCUT2D eigenvalue weighted by Crippen LogP contribution is 2.32. The summed E-state index contributed by atoms with van der Waals surface area (Å²) in [6.45, 7) is 0. The molecule has 5 rings (SSSR count). The Bertz CT molecular complexity index is 1490. The van der Waals surface area contributed by atoms with E-state index < -0.39 is 10.0 Å². The number of para-hydroxylation sites is 1. The van der Waals surface area contributed by atoms with E-state index in [1.54, 1.807) is 36.7 Å². The normalized spacial score (nSPS) is 11.9. The fourth-order valence-electron chi connectivity index (χ4n) is 3.52. The average Bonchev–Trinajstić information content (AvgIpc) is 3.14. The van der Waals surface area contributed by atoms with E-state index in [0.29, 0.717) is 16.8 Å². The molecule has 0 amide bonds. The summed E-state index contributed by atoms with van der Waals surface area (Å²) in [6, 6.07) is 21.9. The van der Waals surface area contributed by atoms with Crippen molar-refractivity contribution < 1.29 is 8.42 Å². The minimum absolute atomic E-state index is 0.136. The maximum absolute atomic E-state index is 13.5. The van der Waals surface area contributed by atoms with Crippen LogP contribution in [0.3, 0.4) is 0 Å². The van der Waals surface area contributed by atoms with Crippen molar-refractivity contribution in [3.63, 3.8) is 0 Å². The van der Waals surface area contributed by atoms with E-state index in [9.17, 15) is 8.42 Å². The lowest BCUT2D eigenvalue weighted by molar-refractivity contribution is 0.589. The number of nitrogen functional groups attached to an aromatic ring is 1. The van der Waals surface area contributed by atoms with Gasteiger partial charge in [-0.15, -0.1) is 0 Å². The van der Waals surface area contributed by atoms with Crippen molar-refractivity contribution in [2.75, 3.05) is 5.73 Å². The lowest BCUT2D eigenvalue weighted by Gasteiger charge is -2.08. The van der Waals surface area contributed by atoms with Crippen LogP contribution >= 0.6 is 0 Å². The molecule has 142 valence electrons. The molecule has 0 spiro atoms. The van der Waals surface area contributed by atoms with Gasteiger partial charge >= 0.3 is 0 Å². The maximum Gasteiger partial charge on any atom is 0.268 e. The molecular formula is C22H16N4O2S. The average molecular weight is 400 g/mol. The number of rotatable bonds is 3. The van der Waals surface area contributed by atoms with Crippen LogP contribution in [0.5, 0.6) is 0 Å². The summed E-state index contributed by atoms with van der Waals surface area (Å²) in [5, 5.41) is 2.63. The quantitative estimate of drug-likeness (QED) is 0.493. The van der Waals surface area contributed by atoms with Crippen LogP contribution in [0.4, 0.5) is 5.95 Å². The van der Waals surface area contributed by atoms with Crippen molar-refractivity contribution in [3.8, 4) is 11.3 Å². The Hall–Kier alpha value is -3.71. The maximum atomic E-state index is 13.5. The molecule has 0 saturated heterocycles. The minimum atomic E-state index is -3.81. The molecule has 6 nitrogen and oxygen atoms in total. The highest BCUT2D eigenvalue weighted by atomic mass is 32.2. The third-order valence-corrected chi connectivity index (χ3v) is 6.58. The smallest absolute Gasteiger partial charge is 0.268 e. The van der Waals surface area contributed by atoms with Gasteiger partial charge in [-0.25, -0.2) is 22.4 Å². The van der Waals surface area contributed by atoms with E-state index in [1.807, 2.05) is 48.5 Å². The molecule has 0 aliphatic rings. The van der Waals surface area contributed by atoms with Crippen LogP contribution in [-0.2, 0) is 10.0 Å². The molecule has 3 aromatic carbocycles. The molecule has 0 aliphatic heterocycles. The molecule has 0 radical (unpaired) electrons. The van der Waals surface area contributed by atoms with Crippen molar-refractivity contribution >= 4 is 37.6 Å². The first-order valence-corrected chi connectivity index (χ1v) is 10.4. The lowest BCUT2D eigenvalue weighted by Crippen LogP contribution is -2.11. The molecule has 29 heavy (non-hydrogen) atoms. The number of hydrogen-bond acceptors (Lipinski definition) is 5. The van der Waals surface area contributed by atoms with Crippen LogP contribution in [0.25, 0.3) is 32.9 Å². The number of fused-ring (bicyclic) bond motifs is 2. The van der Waals surface area contributed by atoms with Crippen molar-refractivity contribution in [1.82, 2.24) is 13.9 Å². The highest BCUT2D eigenvalue weighted by Gasteiger charge is 2.22. The van der Waals surface area contributed by atoms with Gasteiger partial charge in [-0.2, -0.15) is 0 Å². The molecule has 0 saturated carbocycles. The molecule has 5 aromatic rings. The molecule has 2 heterocycles. The van der Waals surface area contributed by atoms with Crippen molar-refractivity contribution in [3.05, 3.63) is 85.2 Å². The summed E-state index contributed by atoms with van der Waals surface area (Å²) >= 11 is 0. The first-order chi connectivity index (χ1) is 14.0. The zero-order valence-electron chi connectivity index (χ0n) is 15.2. The second kappa shape index (κ2) is 6.42. The van der Waals surface area contributed by atoms with Gasteiger partial charge in [0.2, 0.25) is 5.95 Å². The van der Waals surface area contributed by atoms with Crippen LogP contribution in [0.15, 0.2) is 90.1 Å². The third kappa shape index (κ3) is 2.83. The summed E-state index contributed by atoms with van der Waals surface area (Å²) in [7, 11) is -3.81. The topological polar surface area (TPSA) is 90.9 Å². The van der Waals surface area contributed by atoms with Crippen molar-refractivity contribution in [2.24, 2.45) is 0 Å². The zero-order chi connectivity index (χ0) is 20.0. The Balaban J connectivity index is 1.75. The highest BCUT2D eigenvalue weighted by molar-refractivity contribution is 7.90. The summed E-state index contributed by atoms with van der Waals surface area (Å²) < 4.78 is 28.3. The van der Waals surface area contributed by atoms with Crippen LogP contribution < -0.4 is 5.73 Å². The van der Waals surface area contributed by atoms with E-state index in [4.69, 9.17) is 5.73 Å². The number of benzene rings is 3. The first-order valence-electron chi connectivity index (χ1n) is 8.97. The van der Waals surface area contributed by atoms with Gasteiger partial charge in [0.15, 0.2) is 0 Å². The molecule has 0 aliphatic carbocycles. The number of hydrogen-bond donors (Lipinski definition) is 1. The molecule has 0 fully saturated rings. The number of anilines is 1. The van der Waals surface area contributed by atoms with Crippen molar-refractivity contribution in [2.45, 2.75) is 4.90 Å². The molecule has 7 heteroatoms. The SMILES string of the molecule is Nc1nccc(-c2cn(S(=O)(=O)c3ccc4ccccc4c3)c3ccccc23)n1. The fraction of sp³-hybridized carbons (Fsp3) is 0. The summed E-state index contributed by atoms with van der Waals surface area (Å²) in [4.78, 5) is 8.41. The van der Waals surface area contributed by atoms with Crippen LogP contribution in [-0.4, -0.2) is 22.4 Å². The molecule has 0 atom stereocenters. The van der Waals surface area contributed by atoms with Gasteiger partial charge in [-0.3, -0.25) is 0 Å². The lowest BCUT2D eigenvalue weighted by atomic mass is 10.1. The van der Waals surface area contributed by atoms with Crippen LogP contribution in [0.1, 0.15) is 0 Å². The summed E-state index contributed by atoms with van der Waals surface area (Å²) in [6.07, 6.45) is 3.15. The Morgan fingerprint density at radius 1 is 0.862 bits per heavy atom. The van der Waals surface area contributed by atoms with Crippen molar-refractivity contribution in [1.29, 1.82) is 0 Å². The van der Waals surface area contributed by atoms with E-state index >= 15 is 0 Å². The molecule has 0 unspecified atom stereocenters. The van der Waals surface area contributed by atoms with Gasteiger partial charge in [0.25, 0.3) is 10.0 Å². The van der Waals surface area contributed by atoms with E-state index in [0.717, 1.165) is 16.2 Å². The predicted molar refractivity (Wildman–Crippen MR) is 114 cm³/mol. The Morgan fingerprint density at radius 3 is 2.45 bits per heavy atom. The van der Waals surface area contributed by atoms with Crippen LogP contribution in [0, 0.1) is 0 Å². The molecule has 2 N–H and O–H groups in total. The largest absolute Gasteiger partial charge is 0.368 e. The summed E-state index contributed by atoms with van der Waals surface area (Å²) in [5.41, 5.74) is 7.56. The standard InChI is InChI=1S/C22H16N4O2S/c23-22-24-12-11-20(25-22)19-14-26(21-8-4-3-7-18(19)21)29(27,28)17-10-9-15-5-1-2-6-16(15)13-17/h1-14H,(H2,23,24,25). The Morgan fingerprint density at radius 2 is 1.62 bits per heavy atom. The van der Waals surface area contributed by atoms with Gasteiger partial charge in [-0.1, -0.05) is 48.5 Å². The second-order valence-electron chi connectivity index (χ2n) is 6.67. The van der Waals surface area contributed by atoms with Gasteiger partial charge in [0, 0.05) is 23.3 Å². The van der Waals surface area contributed by atoms with Crippen LogP contribution in [0.2, 0.25) is 0 Å². The van der Waals surface area contributed by atoms with Gasteiger partial charge in [0.1, 0.15) is 0 Å². The minimum Gasteiger partial charge on any atom is -0.368 e. The van der Waals surface area contributed by atoms with E-state index in [-0.39, 0.29) is 10.8 Å². The summed E-state index contributed by atoms with van der Waals surface area (Å²) in [5.74, 6) is 0.136.